The topological polar surface area (TPSA) is 63.7 Å². The van der Waals surface area contributed by atoms with Crippen LogP contribution >= 0.6 is 28.6 Å². The number of nitrogens with zero attached hydrogens (tertiary/aromatic N) is 1. The van der Waals surface area contributed by atoms with Crippen LogP contribution in [0.25, 0.3) is 0 Å². The van der Waals surface area contributed by atoms with Crippen LogP contribution in [0.3, 0.4) is 0 Å². The molecule has 0 unspecified atom stereocenters. The third kappa shape index (κ3) is 2.75. The molecule has 0 aliphatic carbocycles. The minimum Gasteiger partial charge on any atom is -0.304 e. The smallest absolute Gasteiger partial charge is 0.304 e. The number of imide groups is 1. The molecule has 1 aliphatic rings. The highest BCUT2D eigenvalue weighted by molar-refractivity contribution is 8.05. The Morgan fingerprint density at radius 3 is 2.06 bits per heavy atom. The number of halogens is 2. The molecule has 5 nitrogen and oxygen atoms in total. The zero-order chi connectivity index (χ0) is 13.3. The van der Waals surface area contributed by atoms with Crippen molar-refractivity contribution < 1.29 is 18.7 Å². The predicted molar refractivity (Wildman–Crippen MR) is 67.1 cm³/mol. The molecular weight excluding hydrogens is 300 g/mol. The van der Waals surface area contributed by atoms with Crippen molar-refractivity contribution >= 4 is 40.4 Å². The van der Waals surface area contributed by atoms with E-state index in [0.29, 0.717) is 11.1 Å². The number of fused-ring (bicyclic) bond motifs is 1. The summed E-state index contributed by atoms with van der Waals surface area (Å²) in [5.41, 5.74) is 0.699. The average molecular weight is 308 g/mol. The van der Waals surface area contributed by atoms with Gasteiger partial charge in [0.05, 0.1) is 24.3 Å². The standard InChI is InChI=1S/C10H8Cl2NO4P/c11-18(12,16)17-6-5-13-9(14)7-3-1-2-4-8(7)10(13)15/h1-4H,5-6H2. The van der Waals surface area contributed by atoms with Crippen molar-refractivity contribution in [3.8, 4) is 0 Å². The summed E-state index contributed by atoms with van der Waals surface area (Å²) in [6, 6.07) is 6.50. The Balaban J connectivity index is 2.07. The predicted octanol–water partition coefficient (Wildman–Crippen LogP) is 2.88. The minimum atomic E-state index is -3.64. The van der Waals surface area contributed by atoms with Crippen LogP contribution in [-0.2, 0) is 9.09 Å². The Morgan fingerprint density at radius 2 is 1.61 bits per heavy atom. The van der Waals surface area contributed by atoms with E-state index in [2.05, 4.69) is 4.52 Å². The fraction of sp³-hybridized carbons (Fsp3) is 0.200. The number of benzene rings is 1. The quantitative estimate of drug-likeness (QED) is 0.634. The SMILES string of the molecule is O=C1c2ccccc2C(=O)N1CCOP(=O)(Cl)Cl. The maximum Gasteiger partial charge on any atom is 0.380 e. The van der Waals surface area contributed by atoms with E-state index in [1.807, 2.05) is 0 Å². The van der Waals surface area contributed by atoms with Gasteiger partial charge in [-0.2, -0.15) is 0 Å². The molecule has 0 bridgehead atoms. The van der Waals surface area contributed by atoms with Crippen molar-refractivity contribution in [3.05, 3.63) is 35.4 Å². The van der Waals surface area contributed by atoms with Gasteiger partial charge in [0.1, 0.15) is 0 Å². The molecule has 96 valence electrons. The van der Waals surface area contributed by atoms with E-state index in [9.17, 15) is 14.2 Å². The number of hydrogen-bond donors (Lipinski definition) is 0. The Kier molecular flexibility index (Phi) is 3.78. The van der Waals surface area contributed by atoms with Crippen molar-refractivity contribution in [2.24, 2.45) is 0 Å². The van der Waals surface area contributed by atoms with E-state index < -0.39 is 17.9 Å². The van der Waals surface area contributed by atoms with Crippen molar-refractivity contribution in [2.45, 2.75) is 0 Å². The van der Waals surface area contributed by atoms with Crippen LogP contribution in [-0.4, -0.2) is 29.9 Å². The van der Waals surface area contributed by atoms with Gasteiger partial charge in [-0.05, 0) is 34.6 Å². The molecular formula is C10H8Cl2NO4P. The molecule has 8 heteroatoms. The molecule has 0 spiro atoms. The first-order valence-electron chi connectivity index (χ1n) is 4.99. The molecule has 1 aliphatic heterocycles. The summed E-state index contributed by atoms with van der Waals surface area (Å²) in [4.78, 5) is 24.8. The number of rotatable bonds is 4. The lowest BCUT2D eigenvalue weighted by atomic mass is 10.1. The normalized spacial score (nSPS) is 15.1. The number of hydrogen-bond acceptors (Lipinski definition) is 4. The van der Waals surface area contributed by atoms with Crippen molar-refractivity contribution in [2.75, 3.05) is 13.2 Å². The third-order valence-electron chi connectivity index (χ3n) is 2.43. The van der Waals surface area contributed by atoms with Gasteiger partial charge < -0.3 is 4.52 Å². The summed E-state index contributed by atoms with van der Waals surface area (Å²) in [7, 11) is 0. The van der Waals surface area contributed by atoms with Gasteiger partial charge in [0, 0.05) is 0 Å². The molecule has 0 radical (unpaired) electrons. The first-order valence-corrected chi connectivity index (χ1v) is 8.43. The van der Waals surface area contributed by atoms with E-state index in [1.54, 1.807) is 24.3 Å². The second kappa shape index (κ2) is 5.02. The number of carbonyl (C=O) groups excluding carboxylic acids is 2. The van der Waals surface area contributed by atoms with Crippen LogP contribution in [0.5, 0.6) is 0 Å². The molecule has 1 heterocycles. The third-order valence-corrected chi connectivity index (χ3v) is 3.50. The van der Waals surface area contributed by atoms with Gasteiger partial charge >= 0.3 is 6.07 Å². The molecule has 0 fully saturated rings. The maximum absolute atomic E-state index is 11.9. The molecule has 0 saturated heterocycles. The van der Waals surface area contributed by atoms with Crippen LogP contribution in [0.15, 0.2) is 24.3 Å². The van der Waals surface area contributed by atoms with Gasteiger partial charge in [0.2, 0.25) is 0 Å². The molecule has 1 aromatic carbocycles. The number of amides is 2. The summed E-state index contributed by atoms with van der Waals surface area (Å²) in [6.45, 7) is -0.217. The van der Waals surface area contributed by atoms with Crippen LogP contribution in [0, 0.1) is 0 Å². The molecule has 0 saturated carbocycles. The molecule has 0 atom stereocenters. The summed E-state index contributed by atoms with van der Waals surface area (Å²) in [6.07, 6.45) is -3.64. The fourth-order valence-corrected chi connectivity index (χ4v) is 2.39. The Bertz CT molecular complexity index is 522. The zero-order valence-electron chi connectivity index (χ0n) is 9.01. The van der Waals surface area contributed by atoms with Gasteiger partial charge in [-0.25, -0.2) is 0 Å². The van der Waals surface area contributed by atoms with E-state index in [-0.39, 0.29) is 13.2 Å². The molecule has 0 N–H and O–H groups in total. The summed E-state index contributed by atoms with van der Waals surface area (Å²) < 4.78 is 15.5. The van der Waals surface area contributed by atoms with Crippen LogP contribution in [0.2, 0.25) is 0 Å². The van der Waals surface area contributed by atoms with Gasteiger partial charge in [0.25, 0.3) is 11.8 Å². The lowest BCUT2D eigenvalue weighted by molar-refractivity contribution is 0.0633. The lowest BCUT2D eigenvalue weighted by Gasteiger charge is -2.13. The highest BCUT2D eigenvalue weighted by Gasteiger charge is 2.34. The fourth-order valence-electron chi connectivity index (χ4n) is 1.68. The molecule has 1 aromatic rings. The minimum absolute atomic E-state index is 0.0459. The average Bonchev–Trinajstić information content (AvgIpc) is 2.53. The van der Waals surface area contributed by atoms with Crippen molar-refractivity contribution in [1.82, 2.24) is 4.90 Å². The van der Waals surface area contributed by atoms with Gasteiger partial charge in [0.15, 0.2) is 0 Å². The molecule has 2 amide bonds. The summed E-state index contributed by atoms with van der Waals surface area (Å²) in [5.74, 6) is -0.809. The maximum atomic E-state index is 11.9. The van der Waals surface area contributed by atoms with Crippen LogP contribution < -0.4 is 0 Å². The summed E-state index contributed by atoms with van der Waals surface area (Å²) in [5, 5.41) is 0. The molecule has 0 aromatic heterocycles. The Hall–Kier alpha value is -0.870. The van der Waals surface area contributed by atoms with Gasteiger partial charge in [-0.15, -0.1) is 0 Å². The second-order valence-corrected chi connectivity index (χ2v) is 7.83. The van der Waals surface area contributed by atoms with E-state index >= 15 is 0 Å². The zero-order valence-corrected chi connectivity index (χ0v) is 11.4. The first-order chi connectivity index (χ1) is 8.40. The van der Waals surface area contributed by atoms with Gasteiger partial charge in [-0.3, -0.25) is 19.1 Å². The van der Waals surface area contributed by atoms with Crippen LogP contribution in [0.4, 0.5) is 0 Å². The first kappa shape index (κ1) is 13.6. The molecule has 2 rings (SSSR count). The van der Waals surface area contributed by atoms with Crippen molar-refractivity contribution in [1.29, 1.82) is 0 Å². The molecule has 18 heavy (non-hydrogen) atoms. The lowest BCUT2D eigenvalue weighted by Crippen LogP contribution is -2.32. The Morgan fingerprint density at radius 1 is 1.11 bits per heavy atom. The highest BCUT2D eigenvalue weighted by Crippen LogP contribution is 2.57. The van der Waals surface area contributed by atoms with E-state index in [1.165, 1.54) is 0 Å². The summed E-state index contributed by atoms with van der Waals surface area (Å²) >= 11 is 10.4. The van der Waals surface area contributed by atoms with E-state index in [0.717, 1.165) is 4.90 Å². The van der Waals surface area contributed by atoms with E-state index in [4.69, 9.17) is 22.5 Å². The van der Waals surface area contributed by atoms with Crippen molar-refractivity contribution in [3.63, 3.8) is 0 Å². The monoisotopic (exact) mass is 307 g/mol. The Labute approximate surface area is 113 Å². The van der Waals surface area contributed by atoms with Gasteiger partial charge in [-0.1, -0.05) is 12.1 Å². The second-order valence-electron chi connectivity index (χ2n) is 3.56. The highest BCUT2D eigenvalue weighted by atomic mass is 35.9. The van der Waals surface area contributed by atoms with Crippen LogP contribution in [0.1, 0.15) is 20.7 Å². The number of carbonyl (C=O) groups is 2. The largest absolute Gasteiger partial charge is 0.380 e.